The van der Waals surface area contributed by atoms with Crippen LogP contribution in [0.5, 0.6) is 0 Å². The maximum atomic E-state index is 12.2. The minimum Gasteiger partial charge on any atom is -0.388 e. The second-order valence-corrected chi connectivity index (χ2v) is 2.56. The maximum absolute atomic E-state index is 12.2. The van der Waals surface area contributed by atoms with Crippen LogP contribution < -0.4 is 5.32 Å². The van der Waals surface area contributed by atoms with E-state index < -0.39 is 11.7 Å². The number of rotatable bonds is 1. The second kappa shape index (κ2) is 3.21. The fourth-order valence-electron chi connectivity index (χ4n) is 1.18. The minimum absolute atomic E-state index is 0.189. The van der Waals surface area contributed by atoms with E-state index in [1.807, 2.05) is 0 Å². The van der Waals surface area contributed by atoms with Gasteiger partial charge >= 0.3 is 6.18 Å². The van der Waals surface area contributed by atoms with E-state index in [2.05, 4.69) is 5.32 Å². The Morgan fingerprint density at radius 3 is 2.25 bits per heavy atom. The molecule has 1 aliphatic carbocycles. The van der Waals surface area contributed by atoms with E-state index in [-0.39, 0.29) is 5.70 Å². The van der Waals surface area contributed by atoms with E-state index >= 15 is 0 Å². The highest BCUT2D eigenvalue weighted by atomic mass is 19.4. The fraction of sp³-hybridized carbons (Fsp3) is 0.500. The van der Waals surface area contributed by atoms with Crippen LogP contribution in [0.3, 0.4) is 0 Å². The molecule has 12 heavy (non-hydrogen) atoms. The first kappa shape index (κ1) is 9.16. The summed E-state index contributed by atoms with van der Waals surface area (Å²) in [5.74, 6) is 0. The average molecular weight is 177 g/mol. The summed E-state index contributed by atoms with van der Waals surface area (Å²) in [6.07, 6.45) is -0.278. The van der Waals surface area contributed by atoms with Gasteiger partial charge in [0.25, 0.3) is 0 Å². The molecule has 0 aromatic heterocycles. The lowest BCUT2D eigenvalue weighted by molar-refractivity contribution is -0.0902. The Kier molecular flexibility index (Phi) is 2.45. The maximum Gasteiger partial charge on any atom is 0.418 e. The second-order valence-electron chi connectivity index (χ2n) is 2.56. The van der Waals surface area contributed by atoms with Crippen LogP contribution in [0.2, 0.25) is 0 Å². The van der Waals surface area contributed by atoms with Gasteiger partial charge in [0, 0.05) is 12.7 Å². The van der Waals surface area contributed by atoms with Gasteiger partial charge in [-0.05, 0) is 12.8 Å². The van der Waals surface area contributed by atoms with Crippen molar-refractivity contribution in [2.75, 3.05) is 7.05 Å². The van der Waals surface area contributed by atoms with Gasteiger partial charge in [0.15, 0.2) is 0 Å². The molecule has 0 aromatic carbocycles. The molecule has 0 radical (unpaired) electrons. The van der Waals surface area contributed by atoms with Crippen molar-refractivity contribution in [2.45, 2.75) is 19.0 Å². The van der Waals surface area contributed by atoms with Crippen molar-refractivity contribution in [3.63, 3.8) is 0 Å². The molecule has 0 saturated carbocycles. The van der Waals surface area contributed by atoms with E-state index in [0.717, 1.165) is 0 Å². The van der Waals surface area contributed by atoms with E-state index in [1.165, 1.54) is 13.1 Å². The fourth-order valence-corrected chi connectivity index (χ4v) is 1.18. The summed E-state index contributed by atoms with van der Waals surface area (Å²) in [7, 11) is 1.50. The van der Waals surface area contributed by atoms with Crippen molar-refractivity contribution in [1.29, 1.82) is 0 Å². The van der Waals surface area contributed by atoms with Gasteiger partial charge in [-0.2, -0.15) is 13.2 Å². The molecule has 68 valence electrons. The third-order valence-electron chi connectivity index (χ3n) is 1.73. The summed E-state index contributed by atoms with van der Waals surface area (Å²) in [4.78, 5) is 0. The number of alkyl halides is 3. The molecule has 0 saturated heterocycles. The van der Waals surface area contributed by atoms with E-state index in [4.69, 9.17) is 0 Å². The zero-order chi connectivity index (χ0) is 9.19. The average Bonchev–Trinajstić information content (AvgIpc) is 2.03. The van der Waals surface area contributed by atoms with Gasteiger partial charge in [0.1, 0.15) is 0 Å². The first-order valence-electron chi connectivity index (χ1n) is 3.71. The predicted molar refractivity (Wildman–Crippen MR) is 40.5 cm³/mol. The predicted octanol–water partition coefficient (Wildman–Crippen LogP) is 2.37. The standard InChI is InChI=1S/C8H10F3N/c1-12-7-5-3-2-4-6(7)8(9,10)11/h4-5,12H,2-3H2,1H3. The summed E-state index contributed by atoms with van der Waals surface area (Å²) in [6.45, 7) is 0. The van der Waals surface area contributed by atoms with Crippen molar-refractivity contribution < 1.29 is 13.2 Å². The smallest absolute Gasteiger partial charge is 0.388 e. The van der Waals surface area contributed by atoms with Crippen LogP contribution in [0.1, 0.15) is 12.8 Å². The molecule has 4 heteroatoms. The molecular formula is C8H10F3N. The molecule has 0 atom stereocenters. The lowest BCUT2D eigenvalue weighted by atomic mass is 10.0. The summed E-state index contributed by atoms with van der Waals surface area (Å²) in [6, 6.07) is 0. The molecule has 0 amide bonds. The van der Waals surface area contributed by atoms with Crippen LogP contribution in [0.25, 0.3) is 0 Å². The highest BCUT2D eigenvalue weighted by Crippen LogP contribution is 2.32. The Morgan fingerprint density at radius 1 is 1.25 bits per heavy atom. The molecule has 1 N–H and O–H groups in total. The molecule has 0 unspecified atom stereocenters. The Labute approximate surface area is 69.0 Å². The molecule has 0 spiro atoms. The molecule has 0 fully saturated rings. The van der Waals surface area contributed by atoms with Crippen LogP contribution in [0, 0.1) is 0 Å². The van der Waals surface area contributed by atoms with Gasteiger partial charge < -0.3 is 5.32 Å². The monoisotopic (exact) mass is 177 g/mol. The quantitative estimate of drug-likeness (QED) is 0.648. The zero-order valence-electron chi connectivity index (χ0n) is 6.70. The van der Waals surface area contributed by atoms with Crippen molar-refractivity contribution in [3.8, 4) is 0 Å². The van der Waals surface area contributed by atoms with Crippen molar-refractivity contribution in [1.82, 2.24) is 5.32 Å². The van der Waals surface area contributed by atoms with E-state index in [9.17, 15) is 13.2 Å². The van der Waals surface area contributed by atoms with Crippen LogP contribution in [0.4, 0.5) is 13.2 Å². The Balaban J connectivity index is 2.88. The van der Waals surface area contributed by atoms with Crippen LogP contribution in [0.15, 0.2) is 23.4 Å². The lowest BCUT2D eigenvalue weighted by Gasteiger charge is -2.18. The zero-order valence-corrected chi connectivity index (χ0v) is 6.70. The number of allylic oxidation sites excluding steroid dienone is 3. The van der Waals surface area contributed by atoms with Crippen molar-refractivity contribution in [3.05, 3.63) is 23.4 Å². The first-order chi connectivity index (χ1) is 5.55. The van der Waals surface area contributed by atoms with E-state index in [1.54, 1.807) is 6.08 Å². The molecule has 0 bridgehead atoms. The molecule has 0 aliphatic heterocycles. The lowest BCUT2D eigenvalue weighted by Crippen LogP contribution is -2.22. The Bertz CT molecular complexity index is 225. The van der Waals surface area contributed by atoms with Crippen LogP contribution >= 0.6 is 0 Å². The summed E-state index contributed by atoms with van der Waals surface area (Å²) < 4.78 is 36.7. The Morgan fingerprint density at radius 2 is 1.83 bits per heavy atom. The third-order valence-corrected chi connectivity index (χ3v) is 1.73. The number of hydrogen-bond donors (Lipinski definition) is 1. The summed E-state index contributed by atoms with van der Waals surface area (Å²) in [5, 5.41) is 2.53. The van der Waals surface area contributed by atoms with Gasteiger partial charge in [-0.15, -0.1) is 0 Å². The van der Waals surface area contributed by atoms with Crippen molar-refractivity contribution in [2.24, 2.45) is 0 Å². The number of likely N-dealkylation sites (N-methyl/N-ethyl adjacent to an activating group) is 1. The number of nitrogens with one attached hydrogen (secondary N) is 1. The normalized spacial score (nSPS) is 18.3. The van der Waals surface area contributed by atoms with Gasteiger partial charge in [-0.3, -0.25) is 0 Å². The largest absolute Gasteiger partial charge is 0.418 e. The molecule has 0 aromatic rings. The highest BCUT2D eigenvalue weighted by Gasteiger charge is 2.36. The minimum atomic E-state index is -4.23. The Hall–Kier alpha value is -0.930. The van der Waals surface area contributed by atoms with Crippen LogP contribution in [-0.2, 0) is 0 Å². The molecule has 0 heterocycles. The number of halogens is 3. The SMILES string of the molecule is CNC1=CCCC=C1C(F)(F)F. The molecule has 1 rings (SSSR count). The molecule has 1 aliphatic rings. The summed E-state index contributed by atoms with van der Waals surface area (Å²) in [5.41, 5.74) is -0.356. The van der Waals surface area contributed by atoms with Gasteiger partial charge in [0.2, 0.25) is 0 Å². The van der Waals surface area contributed by atoms with Gasteiger partial charge in [-0.25, -0.2) is 0 Å². The van der Waals surface area contributed by atoms with Crippen LogP contribution in [-0.4, -0.2) is 13.2 Å². The van der Waals surface area contributed by atoms with Crippen molar-refractivity contribution >= 4 is 0 Å². The highest BCUT2D eigenvalue weighted by molar-refractivity contribution is 5.35. The topological polar surface area (TPSA) is 12.0 Å². The first-order valence-corrected chi connectivity index (χ1v) is 3.71. The summed E-state index contributed by atoms with van der Waals surface area (Å²) >= 11 is 0. The molecule has 1 nitrogen and oxygen atoms in total. The van der Waals surface area contributed by atoms with E-state index in [0.29, 0.717) is 12.8 Å². The molecular weight excluding hydrogens is 167 g/mol. The third kappa shape index (κ3) is 1.81. The number of hydrogen-bond acceptors (Lipinski definition) is 1. The van der Waals surface area contributed by atoms with Gasteiger partial charge in [0.05, 0.1) is 5.57 Å². The van der Waals surface area contributed by atoms with Gasteiger partial charge in [-0.1, -0.05) is 12.2 Å².